The third-order valence-corrected chi connectivity index (χ3v) is 1.43. The minimum absolute atomic E-state index is 0.225. The van der Waals surface area contributed by atoms with Crippen molar-refractivity contribution >= 4 is 11.6 Å². The van der Waals surface area contributed by atoms with Gasteiger partial charge in [-0.3, -0.25) is 4.79 Å². The van der Waals surface area contributed by atoms with E-state index in [-0.39, 0.29) is 17.4 Å². The molecule has 1 aromatic carbocycles. The number of hydrogen-bond donors (Lipinski definition) is 3. The van der Waals surface area contributed by atoms with Gasteiger partial charge in [0.1, 0.15) is 0 Å². The van der Waals surface area contributed by atoms with E-state index in [2.05, 4.69) is 11.9 Å². The summed E-state index contributed by atoms with van der Waals surface area (Å²) >= 11 is 0. The molecule has 0 saturated heterocycles. The van der Waals surface area contributed by atoms with E-state index >= 15 is 0 Å². The van der Waals surface area contributed by atoms with Crippen LogP contribution in [-0.4, -0.2) is 16.1 Å². The van der Waals surface area contributed by atoms with Crippen LogP contribution in [0.1, 0.15) is 0 Å². The van der Waals surface area contributed by atoms with Crippen molar-refractivity contribution in [3.8, 4) is 11.5 Å². The molecule has 3 N–H and O–H groups in total. The highest BCUT2D eigenvalue weighted by Crippen LogP contribution is 2.27. The largest absolute Gasteiger partial charge is 0.504 e. The zero-order chi connectivity index (χ0) is 9.84. The molecular weight excluding hydrogens is 170 g/mol. The molecule has 13 heavy (non-hydrogen) atoms. The lowest BCUT2D eigenvalue weighted by Gasteiger charge is -2.03. The molecule has 1 aromatic rings. The number of hydrogen-bond acceptors (Lipinski definition) is 3. The molecule has 1 rings (SSSR count). The number of nitrogens with one attached hydrogen (secondary N) is 1. The van der Waals surface area contributed by atoms with E-state index in [1.807, 2.05) is 0 Å². The average Bonchev–Trinajstić information content (AvgIpc) is 2.11. The van der Waals surface area contributed by atoms with Crippen LogP contribution in [0.2, 0.25) is 0 Å². The molecular formula is C9H9NO3. The number of anilines is 1. The summed E-state index contributed by atoms with van der Waals surface area (Å²) in [6.45, 7) is 3.27. The summed E-state index contributed by atoms with van der Waals surface area (Å²) in [5, 5.41) is 20.4. The van der Waals surface area contributed by atoms with Crippen LogP contribution in [0.4, 0.5) is 5.69 Å². The van der Waals surface area contributed by atoms with Crippen LogP contribution >= 0.6 is 0 Å². The van der Waals surface area contributed by atoms with Crippen LogP contribution < -0.4 is 5.32 Å². The van der Waals surface area contributed by atoms with Gasteiger partial charge in [-0.25, -0.2) is 0 Å². The highest BCUT2D eigenvalue weighted by molar-refractivity contribution is 5.99. The smallest absolute Gasteiger partial charge is 0.247 e. The van der Waals surface area contributed by atoms with E-state index in [0.717, 1.165) is 6.08 Å². The first-order chi connectivity index (χ1) is 6.13. The second kappa shape index (κ2) is 3.62. The van der Waals surface area contributed by atoms with E-state index in [0.29, 0.717) is 5.69 Å². The topological polar surface area (TPSA) is 69.6 Å². The Bertz CT molecular complexity index is 347. The summed E-state index contributed by atoms with van der Waals surface area (Å²) < 4.78 is 0. The molecule has 4 nitrogen and oxygen atoms in total. The van der Waals surface area contributed by atoms with Crippen molar-refractivity contribution < 1.29 is 15.0 Å². The van der Waals surface area contributed by atoms with Crippen molar-refractivity contribution in [2.45, 2.75) is 0 Å². The van der Waals surface area contributed by atoms with Crippen LogP contribution in [0.5, 0.6) is 11.5 Å². The third-order valence-electron chi connectivity index (χ3n) is 1.43. The SMILES string of the molecule is C=CC(=O)Nc1ccc(O)c(O)c1. The highest BCUT2D eigenvalue weighted by atomic mass is 16.3. The molecule has 0 unspecified atom stereocenters. The zero-order valence-corrected chi connectivity index (χ0v) is 6.82. The first kappa shape index (κ1) is 9.12. The molecule has 0 spiro atoms. The number of phenols is 2. The van der Waals surface area contributed by atoms with E-state index in [9.17, 15) is 4.79 Å². The van der Waals surface area contributed by atoms with Crippen molar-refractivity contribution in [2.24, 2.45) is 0 Å². The standard InChI is InChI=1S/C9H9NO3/c1-2-9(13)10-6-3-4-7(11)8(12)5-6/h2-5,11-12H,1H2,(H,10,13). The van der Waals surface area contributed by atoms with Gasteiger partial charge in [-0.05, 0) is 18.2 Å². The number of phenolic OH excluding ortho intramolecular Hbond substituents is 2. The fraction of sp³-hybridized carbons (Fsp3) is 0. The Labute approximate surface area is 75.1 Å². The van der Waals surface area contributed by atoms with Crippen LogP contribution in [0.25, 0.3) is 0 Å². The van der Waals surface area contributed by atoms with Gasteiger partial charge in [0.05, 0.1) is 0 Å². The van der Waals surface area contributed by atoms with Crippen molar-refractivity contribution in [3.63, 3.8) is 0 Å². The Morgan fingerprint density at radius 2 is 2.08 bits per heavy atom. The lowest BCUT2D eigenvalue weighted by Crippen LogP contribution is -2.06. The molecule has 0 radical (unpaired) electrons. The number of carbonyl (C=O) groups excluding carboxylic acids is 1. The molecule has 0 heterocycles. The predicted octanol–water partition coefficient (Wildman–Crippen LogP) is 1.22. The number of rotatable bonds is 2. The second-order valence-electron chi connectivity index (χ2n) is 2.40. The monoisotopic (exact) mass is 179 g/mol. The number of aromatic hydroxyl groups is 2. The molecule has 0 fully saturated rings. The van der Waals surface area contributed by atoms with Gasteiger partial charge in [-0.2, -0.15) is 0 Å². The van der Waals surface area contributed by atoms with Crippen LogP contribution in [0.15, 0.2) is 30.9 Å². The summed E-state index contributed by atoms with van der Waals surface area (Å²) in [5.41, 5.74) is 0.403. The maximum Gasteiger partial charge on any atom is 0.247 e. The number of benzene rings is 1. The first-order valence-electron chi connectivity index (χ1n) is 3.59. The van der Waals surface area contributed by atoms with E-state index < -0.39 is 0 Å². The van der Waals surface area contributed by atoms with Gasteiger partial charge in [0.2, 0.25) is 5.91 Å². The lowest BCUT2D eigenvalue weighted by atomic mass is 10.3. The maximum absolute atomic E-state index is 10.8. The van der Waals surface area contributed by atoms with Crippen LogP contribution in [0, 0.1) is 0 Å². The van der Waals surface area contributed by atoms with Gasteiger partial charge in [-0.1, -0.05) is 6.58 Å². The Balaban J connectivity index is 2.85. The van der Waals surface area contributed by atoms with Crippen LogP contribution in [-0.2, 0) is 4.79 Å². The van der Waals surface area contributed by atoms with Gasteiger partial charge in [0.15, 0.2) is 11.5 Å². The minimum Gasteiger partial charge on any atom is -0.504 e. The van der Waals surface area contributed by atoms with Crippen molar-refractivity contribution in [2.75, 3.05) is 5.32 Å². The Hall–Kier alpha value is -1.97. The van der Waals surface area contributed by atoms with E-state index in [1.165, 1.54) is 18.2 Å². The summed E-state index contributed by atoms with van der Waals surface area (Å²) in [4.78, 5) is 10.8. The highest BCUT2D eigenvalue weighted by Gasteiger charge is 2.01. The van der Waals surface area contributed by atoms with E-state index in [4.69, 9.17) is 10.2 Å². The lowest BCUT2D eigenvalue weighted by molar-refractivity contribution is -0.111. The Kier molecular flexibility index (Phi) is 2.54. The van der Waals surface area contributed by atoms with Crippen molar-refractivity contribution in [1.82, 2.24) is 0 Å². The van der Waals surface area contributed by atoms with Gasteiger partial charge in [0, 0.05) is 11.8 Å². The maximum atomic E-state index is 10.8. The molecule has 0 saturated carbocycles. The molecule has 1 amide bonds. The third kappa shape index (κ3) is 2.23. The summed E-state index contributed by atoms with van der Waals surface area (Å²) in [5.74, 6) is -0.872. The van der Waals surface area contributed by atoms with Gasteiger partial charge in [-0.15, -0.1) is 0 Å². The average molecular weight is 179 g/mol. The molecule has 0 aromatic heterocycles. The Morgan fingerprint density at radius 3 is 2.62 bits per heavy atom. The predicted molar refractivity (Wildman–Crippen MR) is 48.6 cm³/mol. The molecule has 0 aliphatic carbocycles. The molecule has 4 heteroatoms. The van der Waals surface area contributed by atoms with Gasteiger partial charge in [0.25, 0.3) is 0 Å². The molecule has 0 aliphatic heterocycles. The fourth-order valence-corrected chi connectivity index (χ4v) is 0.794. The summed E-state index contributed by atoms with van der Waals surface area (Å²) in [6, 6.07) is 4.00. The van der Waals surface area contributed by atoms with Gasteiger partial charge >= 0.3 is 0 Å². The normalized spacial score (nSPS) is 9.23. The molecule has 0 bridgehead atoms. The van der Waals surface area contributed by atoms with Gasteiger partial charge < -0.3 is 15.5 Å². The fourth-order valence-electron chi connectivity index (χ4n) is 0.794. The quantitative estimate of drug-likeness (QED) is 0.363. The molecule has 0 aliphatic rings. The molecule has 68 valence electrons. The minimum atomic E-state index is -0.370. The first-order valence-corrected chi connectivity index (χ1v) is 3.59. The molecule has 0 atom stereocenters. The number of carbonyl (C=O) groups is 1. The van der Waals surface area contributed by atoms with E-state index in [1.54, 1.807) is 0 Å². The number of amides is 1. The Morgan fingerprint density at radius 1 is 1.38 bits per heavy atom. The van der Waals surface area contributed by atoms with Crippen molar-refractivity contribution in [1.29, 1.82) is 0 Å². The summed E-state index contributed by atoms with van der Waals surface area (Å²) in [6.07, 6.45) is 1.11. The zero-order valence-electron chi connectivity index (χ0n) is 6.82. The second-order valence-corrected chi connectivity index (χ2v) is 2.40. The van der Waals surface area contributed by atoms with Crippen molar-refractivity contribution in [3.05, 3.63) is 30.9 Å². The van der Waals surface area contributed by atoms with Crippen LogP contribution in [0.3, 0.4) is 0 Å². The summed E-state index contributed by atoms with van der Waals surface area (Å²) in [7, 11) is 0.